The van der Waals surface area contributed by atoms with Crippen molar-refractivity contribution in [3.63, 3.8) is 0 Å². The molecule has 2 aromatic rings. The molecule has 0 saturated carbocycles. The molecule has 138 valence electrons. The van der Waals surface area contributed by atoms with Gasteiger partial charge in [-0.15, -0.1) is 11.3 Å². The van der Waals surface area contributed by atoms with Crippen LogP contribution in [-0.2, 0) is 11.2 Å². The molecule has 1 aliphatic heterocycles. The molecule has 6 nitrogen and oxygen atoms in total. The molecule has 1 fully saturated rings. The number of anilines is 1. The molecule has 1 saturated heterocycles. The van der Waals surface area contributed by atoms with Crippen LogP contribution in [0.3, 0.4) is 0 Å². The first-order chi connectivity index (χ1) is 12.6. The summed E-state index contributed by atoms with van der Waals surface area (Å²) >= 11 is 3.22. The monoisotopic (exact) mass is 390 g/mol. The van der Waals surface area contributed by atoms with Gasteiger partial charge in [0.25, 0.3) is 0 Å². The molecular weight excluding hydrogens is 368 g/mol. The Morgan fingerprint density at radius 2 is 1.96 bits per heavy atom. The lowest BCUT2D eigenvalue weighted by Crippen LogP contribution is -2.52. The normalized spacial score (nSPS) is 15.3. The van der Waals surface area contributed by atoms with E-state index in [2.05, 4.69) is 15.6 Å². The molecule has 0 aliphatic carbocycles. The van der Waals surface area contributed by atoms with Gasteiger partial charge >= 0.3 is 6.03 Å². The van der Waals surface area contributed by atoms with Crippen LogP contribution in [0, 0.1) is 6.92 Å². The molecule has 0 radical (unpaired) electrons. The lowest BCUT2D eigenvalue weighted by molar-refractivity contribution is -0.118. The zero-order valence-corrected chi connectivity index (χ0v) is 16.2. The number of aromatic nitrogens is 1. The van der Waals surface area contributed by atoms with Crippen molar-refractivity contribution in [3.8, 4) is 0 Å². The predicted molar refractivity (Wildman–Crippen MR) is 107 cm³/mol. The molecule has 1 atom stereocenters. The second kappa shape index (κ2) is 9.05. The van der Waals surface area contributed by atoms with Crippen molar-refractivity contribution in [2.75, 3.05) is 29.9 Å². The highest BCUT2D eigenvalue weighted by molar-refractivity contribution is 7.99. The number of hydrogen-bond donors (Lipinski definition) is 2. The number of benzene rings is 1. The van der Waals surface area contributed by atoms with Crippen molar-refractivity contribution in [2.24, 2.45) is 0 Å². The van der Waals surface area contributed by atoms with E-state index >= 15 is 0 Å². The van der Waals surface area contributed by atoms with Gasteiger partial charge in [-0.25, -0.2) is 9.78 Å². The summed E-state index contributed by atoms with van der Waals surface area (Å²) in [4.78, 5) is 31.4. The number of nitrogens with one attached hydrogen (secondary N) is 2. The molecule has 1 aromatic carbocycles. The summed E-state index contributed by atoms with van der Waals surface area (Å²) < 4.78 is 0. The Hall–Kier alpha value is -2.06. The fraction of sp³-hybridized carbons (Fsp3) is 0.389. The summed E-state index contributed by atoms with van der Waals surface area (Å²) in [6.45, 7) is 3.30. The van der Waals surface area contributed by atoms with Crippen molar-refractivity contribution in [1.29, 1.82) is 0 Å². The average Bonchev–Trinajstić information content (AvgIpc) is 3.07. The van der Waals surface area contributed by atoms with Gasteiger partial charge < -0.3 is 15.5 Å². The highest BCUT2D eigenvalue weighted by atomic mass is 32.2. The van der Waals surface area contributed by atoms with Gasteiger partial charge in [-0.1, -0.05) is 30.3 Å². The first-order valence-electron chi connectivity index (χ1n) is 8.52. The molecular formula is C18H22N4O2S2. The highest BCUT2D eigenvalue weighted by Gasteiger charge is 2.25. The van der Waals surface area contributed by atoms with Gasteiger partial charge in [-0.2, -0.15) is 11.8 Å². The topological polar surface area (TPSA) is 74.3 Å². The molecule has 2 N–H and O–H groups in total. The minimum Gasteiger partial charge on any atom is -0.326 e. The Morgan fingerprint density at radius 3 is 2.62 bits per heavy atom. The van der Waals surface area contributed by atoms with Crippen LogP contribution in [0.5, 0.6) is 0 Å². The molecule has 0 unspecified atom stereocenters. The van der Waals surface area contributed by atoms with E-state index in [-0.39, 0.29) is 11.9 Å². The van der Waals surface area contributed by atoms with Gasteiger partial charge in [0.15, 0.2) is 5.13 Å². The maximum Gasteiger partial charge on any atom is 0.318 e. The first kappa shape index (κ1) is 18.7. The van der Waals surface area contributed by atoms with E-state index in [1.807, 2.05) is 54.4 Å². The summed E-state index contributed by atoms with van der Waals surface area (Å²) in [5, 5.41) is 8.16. The zero-order chi connectivity index (χ0) is 18.4. The molecule has 1 aromatic heterocycles. The third-order valence-corrected chi connectivity index (χ3v) is 5.86. The summed E-state index contributed by atoms with van der Waals surface area (Å²) in [7, 11) is 0. The van der Waals surface area contributed by atoms with E-state index in [0.29, 0.717) is 24.6 Å². The summed E-state index contributed by atoms with van der Waals surface area (Å²) in [6, 6.07) is 8.87. The predicted octanol–water partition coefficient (Wildman–Crippen LogP) is 2.76. The van der Waals surface area contributed by atoms with E-state index in [1.165, 1.54) is 11.3 Å². The first-order valence-corrected chi connectivity index (χ1v) is 10.6. The third kappa shape index (κ3) is 5.22. The Morgan fingerprint density at radius 1 is 1.23 bits per heavy atom. The Balaban J connectivity index is 1.69. The SMILES string of the molecule is Cc1csc(NC(=O)[C@@H](Cc2ccccc2)NC(=O)N2CCSCC2)n1. The number of aryl methyl sites for hydroxylation is 1. The van der Waals surface area contributed by atoms with E-state index in [4.69, 9.17) is 0 Å². The van der Waals surface area contributed by atoms with E-state index in [9.17, 15) is 9.59 Å². The smallest absolute Gasteiger partial charge is 0.318 e. The zero-order valence-electron chi connectivity index (χ0n) is 14.6. The minimum atomic E-state index is -0.649. The van der Waals surface area contributed by atoms with Crippen molar-refractivity contribution in [1.82, 2.24) is 15.2 Å². The maximum absolute atomic E-state index is 12.8. The van der Waals surface area contributed by atoms with Crippen LogP contribution < -0.4 is 10.6 Å². The second-order valence-corrected chi connectivity index (χ2v) is 8.16. The van der Waals surface area contributed by atoms with Crippen LogP contribution in [0.15, 0.2) is 35.7 Å². The van der Waals surface area contributed by atoms with Gasteiger partial charge in [0.05, 0.1) is 5.69 Å². The van der Waals surface area contributed by atoms with Gasteiger partial charge in [0.1, 0.15) is 6.04 Å². The second-order valence-electron chi connectivity index (χ2n) is 6.07. The number of urea groups is 1. The molecule has 2 heterocycles. The molecule has 1 aliphatic rings. The minimum absolute atomic E-state index is 0.184. The number of thiazole rings is 1. The van der Waals surface area contributed by atoms with Crippen LogP contribution in [0.25, 0.3) is 0 Å². The number of carbonyl (C=O) groups is 2. The highest BCUT2D eigenvalue weighted by Crippen LogP contribution is 2.16. The summed E-state index contributed by atoms with van der Waals surface area (Å²) in [6.07, 6.45) is 0.436. The molecule has 26 heavy (non-hydrogen) atoms. The van der Waals surface area contributed by atoms with Gasteiger partial charge in [0.2, 0.25) is 5.91 Å². The maximum atomic E-state index is 12.8. The number of thioether (sulfide) groups is 1. The van der Waals surface area contributed by atoms with E-state index in [0.717, 1.165) is 22.8 Å². The number of rotatable bonds is 5. The van der Waals surface area contributed by atoms with Crippen LogP contribution in [0.2, 0.25) is 0 Å². The molecule has 8 heteroatoms. The number of amides is 3. The summed E-state index contributed by atoms with van der Waals surface area (Å²) in [5.41, 5.74) is 1.86. The van der Waals surface area contributed by atoms with Crippen LogP contribution in [-0.4, -0.2) is 52.5 Å². The fourth-order valence-corrected chi connectivity index (χ4v) is 4.26. The Labute approximate surface area is 161 Å². The van der Waals surface area contributed by atoms with Crippen molar-refractivity contribution < 1.29 is 9.59 Å². The van der Waals surface area contributed by atoms with E-state index in [1.54, 1.807) is 4.90 Å². The third-order valence-electron chi connectivity index (χ3n) is 4.04. The molecule has 3 rings (SSSR count). The standard InChI is InChI=1S/C18H22N4O2S2/c1-13-12-26-17(19-13)21-16(23)15(11-14-5-3-2-4-6-14)20-18(24)22-7-9-25-10-8-22/h2-6,12,15H,7-11H2,1H3,(H,20,24)(H,19,21,23)/t15-/m1/s1. The average molecular weight is 391 g/mol. The Kier molecular flexibility index (Phi) is 6.51. The summed E-state index contributed by atoms with van der Waals surface area (Å²) in [5.74, 6) is 1.62. The van der Waals surface area contributed by atoms with Crippen molar-refractivity contribution >= 4 is 40.2 Å². The number of carbonyl (C=O) groups excluding carboxylic acids is 2. The van der Waals surface area contributed by atoms with Gasteiger partial charge in [0, 0.05) is 36.4 Å². The Bertz CT molecular complexity index is 745. The van der Waals surface area contributed by atoms with Gasteiger partial charge in [-0.05, 0) is 12.5 Å². The number of nitrogens with zero attached hydrogens (tertiary/aromatic N) is 2. The van der Waals surface area contributed by atoms with E-state index < -0.39 is 6.04 Å². The molecule has 3 amide bonds. The molecule has 0 spiro atoms. The fourth-order valence-electron chi connectivity index (χ4n) is 2.67. The largest absolute Gasteiger partial charge is 0.326 e. The van der Waals surface area contributed by atoms with Crippen molar-refractivity contribution in [3.05, 3.63) is 47.0 Å². The lowest BCUT2D eigenvalue weighted by Gasteiger charge is -2.28. The molecule has 0 bridgehead atoms. The van der Waals surface area contributed by atoms with Crippen LogP contribution in [0.4, 0.5) is 9.93 Å². The number of hydrogen-bond acceptors (Lipinski definition) is 5. The quantitative estimate of drug-likeness (QED) is 0.823. The lowest BCUT2D eigenvalue weighted by atomic mass is 10.1. The van der Waals surface area contributed by atoms with Gasteiger partial charge in [-0.3, -0.25) is 4.79 Å². The van der Waals surface area contributed by atoms with Crippen molar-refractivity contribution in [2.45, 2.75) is 19.4 Å². The van der Waals surface area contributed by atoms with Crippen LogP contribution >= 0.6 is 23.1 Å². The van der Waals surface area contributed by atoms with Crippen LogP contribution in [0.1, 0.15) is 11.3 Å².